The Morgan fingerprint density at radius 2 is 2.07 bits per heavy atom. The lowest BCUT2D eigenvalue weighted by molar-refractivity contribution is 0.100. The number of carbonyl (C=O) groups is 1. The molecule has 4 rings (SSSR count). The summed E-state index contributed by atoms with van der Waals surface area (Å²) in [6, 6.07) is 5.16. The average Bonchev–Trinajstić information content (AvgIpc) is 3.43. The lowest BCUT2D eigenvalue weighted by atomic mass is 10.1. The van der Waals surface area contributed by atoms with E-state index < -0.39 is 23.6 Å². The van der Waals surface area contributed by atoms with Crippen LogP contribution in [-0.4, -0.2) is 26.1 Å². The second-order valence-corrected chi connectivity index (χ2v) is 6.95. The lowest BCUT2D eigenvalue weighted by Gasteiger charge is -2.17. The number of anilines is 3. The zero-order valence-corrected chi connectivity index (χ0v) is 15.5. The number of nitrogens with one attached hydrogen (secondary N) is 3. The topological polar surface area (TPSA) is 122 Å². The van der Waals surface area contributed by atoms with Crippen molar-refractivity contribution >= 4 is 23.4 Å². The summed E-state index contributed by atoms with van der Waals surface area (Å²) < 4.78 is 27.6. The number of aromatic amines is 1. The maximum absolute atomic E-state index is 14.5. The molecular formula is C19H19F2N7O. The largest absolute Gasteiger partial charge is 0.365 e. The molecule has 0 aliphatic heterocycles. The molecule has 0 radical (unpaired) electrons. The van der Waals surface area contributed by atoms with Gasteiger partial charge in [0.05, 0.1) is 23.5 Å². The van der Waals surface area contributed by atoms with Gasteiger partial charge in [-0.25, -0.2) is 13.8 Å². The first kappa shape index (κ1) is 18.8. The first-order valence-electron chi connectivity index (χ1n) is 9.11. The Morgan fingerprint density at radius 1 is 1.28 bits per heavy atom. The van der Waals surface area contributed by atoms with Crippen molar-refractivity contribution in [3.63, 3.8) is 0 Å². The van der Waals surface area contributed by atoms with Crippen LogP contribution in [-0.2, 0) is 0 Å². The van der Waals surface area contributed by atoms with E-state index in [2.05, 4.69) is 30.8 Å². The van der Waals surface area contributed by atoms with Crippen LogP contribution in [0, 0.1) is 11.6 Å². The van der Waals surface area contributed by atoms with Crippen molar-refractivity contribution in [3.05, 3.63) is 59.0 Å². The summed E-state index contributed by atoms with van der Waals surface area (Å²) in [5.41, 5.74) is 6.77. The molecular weight excluding hydrogens is 380 g/mol. The molecule has 1 atom stereocenters. The second kappa shape index (κ2) is 7.46. The molecule has 1 aliphatic rings. The third-order valence-corrected chi connectivity index (χ3v) is 4.65. The van der Waals surface area contributed by atoms with E-state index in [-0.39, 0.29) is 17.2 Å². The highest BCUT2D eigenvalue weighted by molar-refractivity contribution is 5.98. The fraction of sp³-hybridized carbons (Fsp3) is 0.263. The minimum Gasteiger partial charge on any atom is -0.365 e. The van der Waals surface area contributed by atoms with Crippen molar-refractivity contribution in [2.75, 3.05) is 10.6 Å². The molecule has 1 fully saturated rings. The number of pyridine rings is 2. The van der Waals surface area contributed by atoms with Crippen LogP contribution in [0.15, 0.2) is 30.5 Å². The summed E-state index contributed by atoms with van der Waals surface area (Å²) in [4.78, 5) is 19.9. The van der Waals surface area contributed by atoms with E-state index in [1.165, 1.54) is 12.1 Å². The van der Waals surface area contributed by atoms with Gasteiger partial charge in [-0.05, 0) is 38.0 Å². The zero-order chi connectivity index (χ0) is 20.5. The van der Waals surface area contributed by atoms with Crippen LogP contribution in [0.4, 0.5) is 26.2 Å². The third kappa shape index (κ3) is 4.15. The van der Waals surface area contributed by atoms with Crippen LogP contribution in [0.5, 0.6) is 0 Å². The standard InChI is InChI=1S/C19H19F2N7O/c1-9(14-5-4-11(20)8-23-14)24-18-12(17(22)29)6-13(21)19(26-18)25-16-7-15(27-28-16)10-2-3-10/h4-10H,2-3H2,1H3,(H2,22,29)(H3,24,25,26,27,28)/t9-/m0/s1. The van der Waals surface area contributed by atoms with Gasteiger partial charge in [0.25, 0.3) is 5.91 Å². The molecule has 1 aliphatic carbocycles. The van der Waals surface area contributed by atoms with E-state index in [0.29, 0.717) is 17.4 Å². The van der Waals surface area contributed by atoms with Gasteiger partial charge in [-0.2, -0.15) is 5.10 Å². The summed E-state index contributed by atoms with van der Waals surface area (Å²) in [7, 11) is 0. The number of rotatable bonds is 7. The quantitative estimate of drug-likeness (QED) is 0.483. The molecule has 150 valence electrons. The first-order chi connectivity index (χ1) is 13.9. The molecule has 3 heterocycles. The predicted octanol–water partition coefficient (Wildman–Crippen LogP) is 3.37. The monoisotopic (exact) mass is 399 g/mol. The molecule has 8 nitrogen and oxygen atoms in total. The lowest BCUT2D eigenvalue weighted by Crippen LogP contribution is -2.19. The Bertz CT molecular complexity index is 1050. The van der Waals surface area contributed by atoms with Crippen molar-refractivity contribution in [2.45, 2.75) is 31.7 Å². The van der Waals surface area contributed by atoms with Crippen molar-refractivity contribution in [3.8, 4) is 0 Å². The fourth-order valence-electron chi connectivity index (χ4n) is 2.92. The Balaban J connectivity index is 1.61. The van der Waals surface area contributed by atoms with Crippen molar-refractivity contribution in [2.24, 2.45) is 5.73 Å². The summed E-state index contributed by atoms with van der Waals surface area (Å²) in [5, 5.41) is 12.8. The van der Waals surface area contributed by atoms with Crippen LogP contribution >= 0.6 is 0 Å². The average molecular weight is 399 g/mol. The number of aromatic nitrogens is 4. The third-order valence-electron chi connectivity index (χ3n) is 4.65. The van der Waals surface area contributed by atoms with Crippen LogP contribution in [0.2, 0.25) is 0 Å². The van der Waals surface area contributed by atoms with Gasteiger partial charge in [0.15, 0.2) is 17.5 Å². The molecule has 0 bridgehead atoms. The molecule has 5 N–H and O–H groups in total. The summed E-state index contributed by atoms with van der Waals surface area (Å²) in [6.45, 7) is 1.75. The number of amides is 1. The number of primary amides is 1. The van der Waals surface area contributed by atoms with E-state index in [1.54, 1.807) is 13.0 Å². The Morgan fingerprint density at radius 3 is 2.72 bits per heavy atom. The zero-order valence-electron chi connectivity index (χ0n) is 15.5. The van der Waals surface area contributed by atoms with Gasteiger partial charge in [-0.15, -0.1) is 0 Å². The van der Waals surface area contributed by atoms with Crippen LogP contribution in [0.1, 0.15) is 53.5 Å². The van der Waals surface area contributed by atoms with Crippen LogP contribution < -0.4 is 16.4 Å². The van der Waals surface area contributed by atoms with Gasteiger partial charge < -0.3 is 16.4 Å². The van der Waals surface area contributed by atoms with E-state index in [4.69, 9.17) is 5.73 Å². The predicted molar refractivity (Wildman–Crippen MR) is 103 cm³/mol. The number of hydrogen-bond donors (Lipinski definition) is 4. The van der Waals surface area contributed by atoms with E-state index in [0.717, 1.165) is 30.8 Å². The summed E-state index contributed by atoms with van der Waals surface area (Å²) in [6.07, 6.45) is 3.29. The molecule has 0 aromatic carbocycles. The van der Waals surface area contributed by atoms with Gasteiger partial charge in [-0.1, -0.05) is 0 Å². The normalized spacial score (nSPS) is 14.4. The van der Waals surface area contributed by atoms with Crippen molar-refractivity contribution in [1.82, 2.24) is 20.2 Å². The highest BCUT2D eigenvalue weighted by Gasteiger charge is 2.26. The Kier molecular flexibility index (Phi) is 4.83. The number of H-pyrrole nitrogens is 1. The maximum atomic E-state index is 14.5. The Hall–Kier alpha value is -3.56. The molecule has 29 heavy (non-hydrogen) atoms. The van der Waals surface area contributed by atoms with Gasteiger partial charge in [0, 0.05) is 17.7 Å². The second-order valence-electron chi connectivity index (χ2n) is 6.95. The highest BCUT2D eigenvalue weighted by Crippen LogP contribution is 2.39. The molecule has 1 saturated carbocycles. The van der Waals surface area contributed by atoms with E-state index in [1.807, 2.05) is 0 Å². The van der Waals surface area contributed by atoms with Crippen LogP contribution in [0.25, 0.3) is 0 Å². The maximum Gasteiger partial charge on any atom is 0.252 e. The van der Waals surface area contributed by atoms with E-state index in [9.17, 15) is 13.6 Å². The smallest absolute Gasteiger partial charge is 0.252 e. The number of halogens is 2. The molecule has 0 unspecified atom stereocenters. The van der Waals surface area contributed by atoms with Gasteiger partial charge in [0.2, 0.25) is 0 Å². The van der Waals surface area contributed by atoms with Gasteiger partial charge >= 0.3 is 0 Å². The molecule has 0 spiro atoms. The number of carbonyl (C=O) groups excluding carboxylic acids is 1. The molecule has 0 saturated heterocycles. The molecule has 3 aromatic heterocycles. The SMILES string of the molecule is C[C@H](Nc1nc(Nc2cc(C3CC3)[nH]n2)c(F)cc1C(N)=O)c1ccc(F)cn1. The molecule has 1 amide bonds. The van der Waals surface area contributed by atoms with Crippen LogP contribution in [0.3, 0.4) is 0 Å². The van der Waals surface area contributed by atoms with Gasteiger partial charge in [0.1, 0.15) is 11.6 Å². The minimum absolute atomic E-state index is 0.0815. The fourth-order valence-corrected chi connectivity index (χ4v) is 2.92. The minimum atomic E-state index is -0.833. The first-order valence-corrected chi connectivity index (χ1v) is 9.11. The summed E-state index contributed by atoms with van der Waals surface area (Å²) >= 11 is 0. The summed E-state index contributed by atoms with van der Waals surface area (Å²) in [5.74, 6) is -1.18. The molecule has 10 heteroatoms. The number of hydrogen-bond acceptors (Lipinski definition) is 6. The van der Waals surface area contributed by atoms with Crippen molar-refractivity contribution in [1.29, 1.82) is 0 Å². The van der Waals surface area contributed by atoms with Crippen molar-refractivity contribution < 1.29 is 13.6 Å². The highest BCUT2D eigenvalue weighted by atomic mass is 19.1. The van der Waals surface area contributed by atoms with Gasteiger partial charge in [-0.3, -0.25) is 14.9 Å². The number of nitrogens with two attached hydrogens (primary N) is 1. The molecule has 3 aromatic rings. The van der Waals surface area contributed by atoms with E-state index >= 15 is 0 Å². The Labute approximate surface area is 164 Å². The number of nitrogens with zero attached hydrogens (tertiary/aromatic N) is 3.